The van der Waals surface area contributed by atoms with E-state index in [1.165, 1.54) is 0 Å². The molecule has 0 aliphatic carbocycles. The number of ether oxygens (including phenoxy) is 1. The van der Waals surface area contributed by atoms with Crippen LogP contribution in [-0.4, -0.2) is 29.2 Å². The maximum absolute atomic E-state index is 11.8. The lowest BCUT2D eigenvalue weighted by Gasteiger charge is -2.08. The van der Waals surface area contributed by atoms with Gasteiger partial charge in [-0.3, -0.25) is 4.68 Å². The van der Waals surface area contributed by atoms with Crippen molar-refractivity contribution in [1.82, 2.24) is 9.78 Å². The zero-order valence-corrected chi connectivity index (χ0v) is 9.84. The molecule has 1 rings (SSSR count). The van der Waals surface area contributed by atoms with Gasteiger partial charge in [0.15, 0.2) is 0 Å². The molecule has 0 radical (unpaired) electrons. The van der Waals surface area contributed by atoms with Crippen LogP contribution in [0, 0.1) is 13.8 Å². The summed E-state index contributed by atoms with van der Waals surface area (Å²) >= 11 is 0. The van der Waals surface area contributed by atoms with Crippen LogP contribution in [-0.2, 0) is 17.8 Å². The van der Waals surface area contributed by atoms with Crippen molar-refractivity contribution in [1.29, 1.82) is 0 Å². The van der Waals surface area contributed by atoms with E-state index in [1.807, 2.05) is 13.8 Å². The Bertz CT molecular complexity index is 374. The minimum absolute atomic E-state index is 0.0223. The second-order valence-electron chi connectivity index (χ2n) is 3.74. The second kappa shape index (κ2) is 5.50. The van der Waals surface area contributed by atoms with E-state index in [4.69, 9.17) is 5.73 Å². The van der Waals surface area contributed by atoms with Crippen LogP contribution in [0.4, 0.5) is 13.2 Å². The fraction of sp³-hybridized carbons (Fsp3) is 0.700. The Morgan fingerprint density at radius 3 is 2.47 bits per heavy atom. The predicted octanol–water partition coefficient (Wildman–Crippen LogP) is 1.54. The predicted molar refractivity (Wildman–Crippen MR) is 56.5 cm³/mol. The molecule has 0 aliphatic heterocycles. The summed E-state index contributed by atoms with van der Waals surface area (Å²) in [7, 11) is 0. The second-order valence-corrected chi connectivity index (χ2v) is 3.74. The van der Waals surface area contributed by atoms with Gasteiger partial charge >= 0.3 is 6.18 Å². The van der Waals surface area contributed by atoms with Gasteiger partial charge in [-0.25, -0.2) is 0 Å². The minimum atomic E-state index is -4.28. The van der Waals surface area contributed by atoms with Gasteiger partial charge in [-0.05, 0) is 13.8 Å². The van der Waals surface area contributed by atoms with Gasteiger partial charge in [0.1, 0.15) is 6.61 Å². The summed E-state index contributed by atoms with van der Waals surface area (Å²) in [6, 6.07) is 0. The lowest BCUT2D eigenvalue weighted by atomic mass is 10.2. The van der Waals surface area contributed by atoms with Crippen LogP contribution in [0.25, 0.3) is 0 Å². The number of hydrogen-bond donors (Lipinski definition) is 1. The van der Waals surface area contributed by atoms with E-state index in [0.29, 0.717) is 13.1 Å². The Morgan fingerprint density at radius 2 is 2.00 bits per heavy atom. The Labute approximate surface area is 97.5 Å². The van der Waals surface area contributed by atoms with Gasteiger partial charge in [0.05, 0.1) is 18.8 Å². The highest BCUT2D eigenvalue weighted by Crippen LogP contribution is 2.15. The average molecular weight is 251 g/mol. The number of halogens is 3. The van der Waals surface area contributed by atoms with Crippen molar-refractivity contribution in [2.24, 2.45) is 5.73 Å². The molecule has 0 saturated heterocycles. The SMILES string of the molecule is Cc1nn(CCOCC(F)(F)F)c(C)c1CN. The Hall–Kier alpha value is -1.08. The molecule has 0 atom stereocenters. The molecule has 98 valence electrons. The summed E-state index contributed by atoms with van der Waals surface area (Å²) in [5, 5.41) is 4.19. The molecule has 0 fully saturated rings. The van der Waals surface area contributed by atoms with E-state index in [1.54, 1.807) is 4.68 Å². The van der Waals surface area contributed by atoms with E-state index in [0.717, 1.165) is 17.0 Å². The van der Waals surface area contributed by atoms with Gasteiger partial charge in [0, 0.05) is 17.8 Å². The average Bonchev–Trinajstić information content (AvgIpc) is 2.47. The summed E-state index contributed by atoms with van der Waals surface area (Å²) in [4.78, 5) is 0. The lowest BCUT2D eigenvalue weighted by Crippen LogP contribution is -2.19. The minimum Gasteiger partial charge on any atom is -0.370 e. The summed E-state index contributed by atoms with van der Waals surface area (Å²) in [5.41, 5.74) is 8.16. The van der Waals surface area contributed by atoms with Crippen LogP contribution < -0.4 is 5.73 Å². The first-order valence-corrected chi connectivity index (χ1v) is 5.22. The Morgan fingerprint density at radius 1 is 1.35 bits per heavy atom. The maximum Gasteiger partial charge on any atom is 0.411 e. The number of nitrogens with two attached hydrogens (primary N) is 1. The van der Waals surface area contributed by atoms with Crippen molar-refractivity contribution < 1.29 is 17.9 Å². The van der Waals surface area contributed by atoms with Crippen molar-refractivity contribution in [2.75, 3.05) is 13.2 Å². The molecule has 17 heavy (non-hydrogen) atoms. The summed E-state index contributed by atoms with van der Waals surface area (Å²) in [6.45, 7) is 3.08. The molecule has 0 aromatic carbocycles. The monoisotopic (exact) mass is 251 g/mol. The van der Waals surface area contributed by atoms with Gasteiger partial charge in [-0.1, -0.05) is 0 Å². The van der Waals surface area contributed by atoms with E-state index >= 15 is 0 Å². The van der Waals surface area contributed by atoms with E-state index in [9.17, 15) is 13.2 Å². The molecule has 0 bridgehead atoms. The molecule has 1 aromatic heterocycles. The van der Waals surface area contributed by atoms with E-state index in [-0.39, 0.29) is 6.61 Å². The molecule has 0 unspecified atom stereocenters. The highest BCUT2D eigenvalue weighted by molar-refractivity contribution is 5.23. The highest BCUT2D eigenvalue weighted by atomic mass is 19.4. The largest absolute Gasteiger partial charge is 0.411 e. The molecule has 0 amide bonds. The van der Waals surface area contributed by atoms with Gasteiger partial charge < -0.3 is 10.5 Å². The van der Waals surface area contributed by atoms with Crippen molar-refractivity contribution in [3.63, 3.8) is 0 Å². The highest BCUT2D eigenvalue weighted by Gasteiger charge is 2.27. The summed E-state index contributed by atoms with van der Waals surface area (Å²) in [5.74, 6) is 0. The van der Waals surface area contributed by atoms with Gasteiger partial charge in [0.2, 0.25) is 0 Å². The van der Waals surface area contributed by atoms with Gasteiger partial charge in [0.25, 0.3) is 0 Å². The third-order valence-corrected chi connectivity index (χ3v) is 2.45. The normalized spacial score (nSPS) is 12.1. The first kappa shape index (κ1) is 14.0. The fourth-order valence-corrected chi connectivity index (χ4v) is 1.59. The van der Waals surface area contributed by atoms with Crippen molar-refractivity contribution in [2.45, 2.75) is 33.1 Å². The molecule has 0 spiro atoms. The van der Waals surface area contributed by atoms with Crippen LogP contribution in [0.2, 0.25) is 0 Å². The molecule has 7 heteroatoms. The molecule has 4 nitrogen and oxygen atoms in total. The molecule has 0 saturated carbocycles. The van der Waals surface area contributed by atoms with E-state index in [2.05, 4.69) is 9.84 Å². The van der Waals surface area contributed by atoms with Crippen LogP contribution in [0.3, 0.4) is 0 Å². The summed E-state index contributed by atoms with van der Waals surface area (Å²) in [6.07, 6.45) is -4.28. The van der Waals surface area contributed by atoms with Crippen molar-refractivity contribution in [3.8, 4) is 0 Å². The first-order chi connectivity index (χ1) is 7.85. The van der Waals surface area contributed by atoms with E-state index < -0.39 is 12.8 Å². The van der Waals surface area contributed by atoms with Gasteiger partial charge in [-0.15, -0.1) is 0 Å². The number of alkyl halides is 3. The Kier molecular flexibility index (Phi) is 4.53. The lowest BCUT2D eigenvalue weighted by molar-refractivity contribution is -0.174. The third-order valence-electron chi connectivity index (χ3n) is 2.45. The van der Waals surface area contributed by atoms with Crippen LogP contribution in [0.5, 0.6) is 0 Å². The van der Waals surface area contributed by atoms with Crippen molar-refractivity contribution in [3.05, 3.63) is 17.0 Å². The van der Waals surface area contributed by atoms with Crippen molar-refractivity contribution >= 4 is 0 Å². The zero-order valence-electron chi connectivity index (χ0n) is 9.84. The molecule has 2 N–H and O–H groups in total. The van der Waals surface area contributed by atoms with Crippen LogP contribution in [0.1, 0.15) is 17.0 Å². The smallest absolute Gasteiger partial charge is 0.370 e. The number of hydrogen-bond acceptors (Lipinski definition) is 3. The number of nitrogens with zero attached hydrogens (tertiary/aromatic N) is 2. The number of aryl methyl sites for hydroxylation is 1. The standard InChI is InChI=1S/C10H16F3N3O/c1-7-9(5-14)8(2)16(15-7)3-4-17-6-10(11,12)13/h3-6,14H2,1-2H3. The fourth-order valence-electron chi connectivity index (χ4n) is 1.59. The topological polar surface area (TPSA) is 53.1 Å². The molecule has 0 aliphatic rings. The molecular weight excluding hydrogens is 235 g/mol. The molecule has 1 aromatic rings. The number of rotatable bonds is 5. The van der Waals surface area contributed by atoms with Crippen LogP contribution in [0.15, 0.2) is 0 Å². The zero-order chi connectivity index (χ0) is 13.1. The van der Waals surface area contributed by atoms with Gasteiger partial charge in [-0.2, -0.15) is 18.3 Å². The first-order valence-electron chi connectivity index (χ1n) is 5.22. The van der Waals surface area contributed by atoms with Crippen LogP contribution >= 0.6 is 0 Å². The summed E-state index contributed by atoms with van der Waals surface area (Å²) < 4.78 is 41.6. The third kappa shape index (κ3) is 4.01. The quantitative estimate of drug-likeness (QED) is 0.807. The maximum atomic E-state index is 11.8. The molecule has 1 heterocycles. The molecular formula is C10H16F3N3O. The Balaban J connectivity index is 2.47. The number of aromatic nitrogens is 2.